The minimum atomic E-state index is -4.36. The van der Waals surface area contributed by atoms with Crippen LogP contribution in [-0.2, 0) is 6.18 Å². The molecule has 2 N–H and O–H groups in total. The zero-order valence-electron chi connectivity index (χ0n) is 12.4. The Morgan fingerprint density at radius 3 is 2.42 bits per heavy atom. The molecule has 2 aromatic heterocycles. The molecule has 1 aliphatic carbocycles. The molecule has 3 aromatic rings. The first-order valence-corrected chi connectivity index (χ1v) is 7.42. The number of hydrogen-bond acceptors (Lipinski definition) is 5. The van der Waals surface area contributed by atoms with Crippen molar-refractivity contribution in [3.8, 4) is 0 Å². The Morgan fingerprint density at radius 1 is 1.00 bits per heavy atom. The van der Waals surface area contributed by atoms with E-state index in [-0.39, 0.29) is 0 Å². The molecule has 0 radical (unpaired) electrons. The molecule has 1 fully saturated rings. The second-order valence-corrected chi connectivity index (χ2v) is 5.63. The molecule has 1 aromatic carbocycles. The molecular formula is C15H13F3N6. The normalized spacial score (nSPS) is 14.8. The number of rotatable bonds is 4. The molecule has 0 unspecified atom stereocenters. The first-order valence-electron chi connectivity index (χ1n) is 7.42. The predicted molar refractivity (Wildman–Crippen MR) is 82.2 cm³/mol. The van der Waals surface area contributed by atoms with Crippen molar-refractivity contribution in [2.75, 3.05) is 10.6 Å². The average Bonchev–Trinajstić information content (AvgIpc) is 3.27. The molecule has 6 nitrogen and oxygen atoms in total. The molecule has 4 rings (SSSR count). The SMILES string of the molecule is FC(F)(F)c1ccc(Nc2nnc3ccc(NC4CC4)nn23)cc1. The van der Waals surface area contributed by atoms with Gasteiger partial charge in [0.15, 0.2) is 5.65 Å². The van der Waals surface area contributed by atoms with Gasteiger partial charge in [-0.15, -0.1) is 15.3 Å². The highest BCUT2D eigenvalue weighted by molar-refractivity contribution is 5.57. The van der Waals surface area contributed by atoms with E-state index >= 15 is 0 Å². The van der Waals surface area contributed by atoms with Crippen LogP contribution in [0.3, 0.4) is 0 Å². The molecule has 1 saturated carbocycles. The molecule has 0 atom stereocenters. The highest BCUT2D eigenvalue weighted by Crippen LogP contribution is 2.30. The minimum Gasteiger partial charge on any atom is -0.366 e. The summed E-state index contributed by atoms with van der Waals surface area (Å²) in [7, 11) is 0. The summed E-state index contributed by atoms with van der Waals surface area (Å²) in [5.41, 5.74) is 0.318. The van der Waals surface area contributed by atoms with Crippen LogP contribution in [0.25, 0.3) is 5.65 Å². The van der Waals surface area contributed by atoms with Gasteiger partial charge >= 0.3 is 6.18 Å². The van der Waals surface area contributed by atoms with E-state index in [0.29, 0.717) is 29.1 Å². The zero-order chi connectivity index (χ0) is 16.7. The summed E-state index contributed by atoms with van der Waals surface area (Å²) in [5.74, 6) is 1.05. The number of nitrogens with zero attached hydrogens (tertiary/aromatic N) is 4. The summed E-state index contributed by atoms with van der Waals surface area (Å²) in [6.07, 6.45) is -2.11. The molecule has 9 heteroatoms. The van der Waals surface area contributed by atoms with E-state index in [9.17, 15) is 13.2 Å². The quantitative estimate of drug-likeness (QED) is 0.765. The van der Waals surface area contributed by atoms with E-state index in [4.69, 9.17) is 0 Å². The lowest BCUT2D eigenvalue weighted by molar-refractivity contribution is -0.137. The molecule has 2 heterocycles. The summed E-state index contributed by atoms with van der Waals surface area (Å²) in [4.78, 5) is 0. The van der Waals surface area contributed by atoms with Crippen molar-refractivity contribution in [2.24, 2.45) is 0 Å². The molecule has 24 heavy (non-hydrogen) atoms. The van der Waals surface area contributed by atoms with Gasteiger partial charge in [-0.2, -0.15) is 17.7 Å². The predicted octanol–water partition coefficient (Wildman–Crippen LogP) is 3.46. The van der Waals surface area contributed by atoms with Gasteiger partial charge < -0.3 is 10.6 Å². The molecular weight excluding hydrogens is 321 g/mol. The Labute approximate surface area is 134 Å². The number of nitrogens with one attached hydrogen (secondary N) is 2. The fraction of sp³-hybridized carbons (Fsp3) is 0.267. The third kappa shape index (κ3) is 2.97. The Hall–Kier alpha value is -2.84. The maximum Gasteiger partial charge on any atom is 0.416 e. The van der Waals surface area contributed by atoms with Gasteiger partial charge in [0.2, 0.25) is 0 Å². The smallest absolute Gasteiger partial charge is 0.366 e. The number of aromatic nitrogens is 4. The molecule has 0 amide bonds. The highest BCUT2D eigenvalue weighted by atomic mass is 19.4. The summed E-state index contributed by atoms with van der Waals surface area (Å²) in [6, 6.07) is 8.77. The Morgan fingerprint density at radius 2 is 1.75 bits per heavy atom. The van der Waals surface area contributed by atoms with Crippen molar-refractivity contribution in [3.63, 3.8) is 0 Å². The van der Waals surface area contributed by atoms with Crippen molar-refractivity contribution in [2.45, 2.75) is 25.1 Å². The largest absolute Gasteiger partial charge is 0.416 e. The Balaban J connectivity index is 1.59. The molecule has 0 aliphatic heterocycles. The van der Waals surface area contributed by atoms with Crippen molar-refractivity contribution in [3.05, 3.63) is 42.0 Å². The van der Waals surface area contributed by atoms with Crippen LogP contribution >= 0.6 is 0 Å². The lowest BCUT2D eigenvalue weighted by atomic mass is 10.2. The topological polar surface area (TPSA) is 67.1 Å². The van der Waals surface area contributed by atoms with Gasteiger partial charge in [-0.25, -0.2) is 0 Å². The van der Waals surface area contributed by atoms with E-state index < -0.39 is 11.7 Å². The van der Waals surface area contributed by atoms with Crippen LogP contribution in [0.2, 0.25) is 0 Å². The number of fused-ring (bicyclic) bond motifs is 1. The number of benzene rings is 1. The third-order valence-corrected chi connectivity index (χ3v) is 3.66. The van der Waals surface area contributed by atoms with Crippen LogP contribution < -0.4 is 10.6 Å². The van der Waals surface area contributed by atoms with E-state index in [0.717, 1.165) is 25.0 Å². The van der Waals surface area contributed by atoms with Crippen molar-refractivity contribution in [1.29, 1.82) is 0 Å². The summed E-state index contributed by atoms with van der Waals surface area (Å²) in [5, 5.41) is 18.6. The summed E-state index contributed by atoms with van der Waals surface area (Å²) < 4.78 is 39.3. The second-order valence-electron chi connectivity index (χ2n) is 5.63. The van der Waals surface area contributed by atoms with Crippen LogP contribution in [0.5, 0.6) is 0 Å². The van der Waals surface area contributed by atoms with Crippen LogP contribution in [0, 0.1) is 0 Å². The lowest BCUT2D eigenvalue weighted by Gasteiger charge is -2.09. The number of alkyl halides is 3. The summed E-state index contributed by atoms with van der Waals surface area (Å²) >= 11 is 0. The number of halogens is 3. The lowest BCUT2D eigenvalue weighted by Crippen LogP contribution is -2.07. The van der Waals surface area contributed by atoms with Gasteiger partial charge in [0.1, 0.15) is 5.82 Å². The highest BCUT2D eigenvalue weighted by Gasteiger charge is 2.30. The maximum atomic E-state index is 12.6. The van der Waals surface area contributed by atoms with Gasteiger partial charge in [0.05, 0.1) is 5.56 Å². The van der Waals surface area contributed by atoms with Crippen LogP contribution in [-0.4, -0.2) is 25.9 Å². The van der Waals surface area contributed by atoms with Crippen LogP contribution in [0.15, 0.2) is 36.4 Å². The maximum absolute atomic E-state index is 12.6. The standard InChI is InChI=1S/C15H13F3N6/c16-15(17,18)9-1-3-11(4-2-9)20-14-22-21-13-8-7-12(23-24(13)14)19-10-5-6-10/h1-4,7-8,10H,5-6H2,(H,19,23)(H,20,22). The molecule has 0 bridgehead atoms. The van der Waals surface area contributed by atoms with Crippen LogP contribution in [0.1, 0.15) is 18.4 Å². The molecule has 124 valence electrons. The van der Waals surface area contributed by atoms with Crippen molar-refractivity contribution < 1.29 is 13.2 Å². The minimum absolute atomic E-state index is 0.337. The van der Waals surface area contributed by atoms with Gasteiger partial charge in [-0.05, 0) is 49.2 Å². The average molecular weight is 334 g/mol. The molecule has 0 saturated heterocycles. The first-order chi connectivity index (χ1) is 11.5. The van der Waals surface area contributed by atoms with E-state index in [1.807, 2.05) is 6.07 Å². The molecule has 1 aliphatic rings. The molecule has 0 spiro atoms. The van der Waals surface area contributed by atoms with Gasteiger partial charge in [-0.1, -0.05) is 0 Å². The first kappa shape index (κ1) is 14.7. The fourth-order valence-electron chi connectivity index (χ4n) is 2.25. The third-order valence-electron chi connectivity index (χ3n) is 3.66. The second kappa shape index (κ2) is 5.36. The van der Waals surface area contributed by atoms with Gasteiger partial charge in [0, 0.05) is 11.7 Å². The van der Waals surface area contributed by atoms with E-state index in [1.54, 1.807) is 6.07 Å². The number of anilines is 3. The van der Waals surface area contributed by atoms with E-state index in [2.05, 4.69) is 25.9 Å². The Kier molecular flexibility index (Phi) is 3.29. The monoisotopic (exact) mass is 334 g/mol. The van der Waals surface area contributed by atoms with Crippen molar-refractivity contribution >= 4 is 23.1 Å². The van der Waals surface area contributed by atoms with E-state index in [1.165, 1.54) is 16.6 Å². The van der Waals surface area contributed by atoms with Gasteiger partial charge in [0.25, 0.3) is 5.95 Å². The number of hydrogen-bond donors (Lipinski definition) is 2. The van der Waals surface area contributed by atoms with Crippen molar-refractivity contribution in [1.82, 2.24) is 19.8 Å². The van der Waals surface area contributed by atoms with Crippen LogP contribution in [0.4, 0.5) is 30.6 Å². The summed E-state index contributed by atoms with van der Waals surface area (Å²) in [6.45, 7) is 0. The van der Waals surface area contributed by atoms with Gasteiger partial charge in [-0.3, -0.25) is 0 Å². The fourth-order valence-corrected chi connectivity index (χ4v) is 2.25. The zero-order valence-corrected chi connectivity index (χ0v) is 12.4. The Bertz CT molecular complexity index is 867.